The second kappa shape index (κ2) is 6.06. The summed E-state index contributed by atoms with van der Waals surface area (Å²) in [6.07, 6.45) is 3.06. The van der Waals surface area contributed by atoms with E-state index in [1.165, 1.54) is 31.5 Å². The average molecular weight is 261 g/mol. The second-order valence-electron chi connectivity index (χ2n) is 6.67. The Bertz CT molecular complexity index is 403. The summed E-state index contributed by atoms with van der Waals surface area (Å²) in [4.78, 5) is 2.49. The number of rotatable bonds is 4. The van der Waals surface area contributed by atoms with Gasteiger partial charge in [-0.1, -0.05) is 38.1 Å². The van der Waals surface area contributed by atoms with Crippen LogP contribution in [0.2, 0.25) is 0 Å². The molecular weight excluding hydrogens is 234 g/mol. The van der Waals surface area contributed by atoms with Crippen molar-refractivity contribution in [3.05, 3.63) is 35.4 Å². The Morgan fingerprint density at radius 3 is 2.47 bits per heavy atom. The van der Waals surface area contributed by atoms with Gasteiger partial charge in [-0.3, -0.25) is 0 Å². The standard InChI is InChI=1S/C17H27NO/c1-14-6-4-5-7-15(14)16(19)8-11-18-12-9-17(2,3)10-13-18/h4-7,16,19H,8-13H2,1-3H3. The Balaban J connectivity index is 1.82. The molecule has 0 bridgehead atoms. The van der Waals surface area contributed by atoms with Crippen molar-refractivity contribution in [1.29, 1.82) is 0 Å². The highest BCUT2D eigenvalue weighted by molar-refractivity contribution is 5.27. The third-order valence-corrected chi connectivity index (χ3v) is 4.48. The highest BCUT2D eigenvalue weighted by atomic mass is 16.3. The van der Waals surface area contributed by atoms with Gasteiger partial charge in [0.05, 0.1) is 6.10 Å². The lowest BCUT2D eigenvalue weighted by molar-refractivity contribution is 0.101. The van der Waals surface area contributed by atoms with E-state index >= 15 is 0 Å². The van der Waals surface area contributed by atoms with Crippen LogP contribution in [0.3, 0.4) is 0 Å². The highest BCUT2D eigenvalue weighted by Gasteiger charge is 2.25. The number of benzene rings is 1. The molecule has 2 heteroatoms. The molecule has 1 saturated heterocycles. The van der Waals surface area contributed by atoms with Crippen molar-refractivity contribution in [2.45, 2.75) is 46.1 Å². The molecule has 1 aliphatic heterocycles. The smallest absolute Gasteiger partial charge is 0.0804 e. The summed E-state index contributed by atoms with van der Waals surface area (Å²) in [5.74, 6) is 0. The van der Waals surface area contributed by atoms with Crippen LogP contribution in [0.5, 0.6) is 0 Å². The number of aliphatic hydroxyl groups is 1. The molecule has 1 heterocycles. The normalized spacial score (nSPS) is 21.3. The molecule has 0 amide bonds. The van der Waals surface area contributed by atoms with Crippen LogP contribution in [-0.2, 0) is 0 Å². The molecule has 0 saturated carbocycles. The maximum absolute atomic E-state index is 10.3. The van der Waals surface area contributed by atoms with Crippen molar-refractivity contribution in [3.8, 4) is 0 Å². The van der Waals surface area contributed by atoms with Gasteiger partial charge in [0.15, 0.2) is 0 Å². The SMILES string of the molecule is Cc1ccccc1C(O)CCN1CCC(C)(C)CC1. The van der Waals surface area contributed by atoms with Crippen LogP contribution in [0.25, 0.3) is 0 Å². The van der Waals surface area contributed by atoms with Gasteiger partial charge < -0.3 is 10.0 Å². The van der Waals surface area contributed by atoms with E-state index < -0.39 is 0 Å². The van der Waals surface area contributed by atoms with E-state index in [9.17, 15) is 5.11 Å². The third kappa shape index (κ3) is 4.05. The number of hydrogen-bond acceptors (Lipinski definition) is 2. The molecule has 1 aromatic carbocycles. The molecule has 2 nitrogen and oxygen atoms in total. The molecule has 1 atom stereocenters. The van der Waals surface area contributed by atoms with E-state index in [0.717, 1.165) is 18.5 Å². The summed E-state index contributed by atoms with van der Waals surface area (Å²) < 4.78 is 0. The first-order valence-corrected chi connectivity index (χ1v) is 7.44. The maximum Gasteiger partial charge on any atom is 0.0804 e. The lowest BCUT2D eigenvalue weighted by atomic mass is 9.82. The average Bonchev–Trinajstić information content (AvgIpc) is 2.38. The fourth-order valence-electron chi connectivity index (χ4n) is 2.80. The molecule has 106 valence electrons. The van der Waals surface area contributed by atoms with E-state index in [4.69, 9.17) is 0 Å². The first kappa shape index (κ1) is 14.5. The molecule has 0 radical (unpaired) electrons. The van der Waals surface area contributed by atoms with Crippen LogP contribution in [0.4, 0.5) is 0 Å². The summed E-state index contributed by atoms with van der Waals surface area (Å²) in [6.45, 7) is 10.1. The largest absolute Gasteiger partial charge is 0.388 e. The number of nitrogens with zero attached hydrogens (tertiary/aromatic N) is 1. The lowest BCUT2D eigenvalue weighted by Gasteiger charge is -2.37. The van der Waals surface area contributed by atoms with Crippen molar-refractivity contribution in [3.63, 3.8) is 0 Å². The van der Waals surface area contributed by atoms with Gasteiger partial charge >= 0.3 is 0 Å². The fraction of sp³-hybridized carbons (Fsp3) is 0.647. The summed E-state index contributed by atoms with van der Waals surface area (Å²) >= 11 is 0. The summed E-state index contributed by atoms with van der Waals surface area (Å²) in [7, 11) is 0. The van der Waals surface area contributed by atoms with E-state index in [2.05, 4.69) is 31.7 Å². The van der Waals surface area contributed by atoms with Crippen LogP contribution in [-0.4, -0.2) is 29.6 Å². The predicted octanol–water partition coefficient (Wildman–Crippen LogP) is 3.54. The van der Waals surface area contributed by atoms with E-state index in [0.29, 0.717) is 5.41 Å². The van der Waals surface area contributed by atoms with Crippen LogP contribution in [0.1, 0.15) is 50.3 Å². The van der Waals surface area contributed by atoms with Gasteiger partial charge in [0.25, 0.3) is 0 Å². The molecule has 0 aliphatic carbocycles. The highest BCUT2D eigenvalue weighted by Crippen LogP contribution is 2.30. The Hall–Kier alpha value is -0.860. The molecule has 1 N–H and O–H groups in total. The van der Waals surface area contributed by atoms with Crippen molar-refractivity contribution in [1.82, 2.24) is 4.90 Å². The Labute approximate surface area is 117 Å². The molecule has 1 unspecified atom stereocenters. The van der Waals surface area contributed by atoms with Crippen molar-refractivity contribution < 1.29 is 5.11 Å². The molecule has 19 heavy (non-hydrogen) atoms. The molecule has 1 aliphatic rings. The monoisotopic (exact) mass is 261 g/mol. The minimum absolute atomic E-state index is 0.323. The molecule has 1 fully saturated rings. The van der Waals surface area contributed by atoms with Gasteiger partial charge in [-0.15, -0.1) is 0 Å². The molecule has 0 spiro atoms. The van der Waals surface area contributed by atoms with Gasteiger partial charge in [-0.05, 0) is 55.8 Å². The number of aliphatic hydroxyl groups excluding tert-OH is 1. The lowest BCUT2D eigenvalue weighted by Crippen LogP contribution is -2.38. The maximum atomic E-state index is 10.3. The molecular formula is C17H27NO. The van der Waals surface area contributed by atoms with E-state index in [1.807, 2.05) is 18.2 Å². The third-order valence-electron chi connectivity index (χ3n) is 4.48. The van der Waals surface area contributed by atoms with Gasteiger partial charge in [0.1, 0.15) is 0 Å². The number of likely N-dealkylation sites (tertiary alicyclic amines) is 1. The fourth-order valence-corrected chi connectivity index (χ4v) is 2.80. The quantitative estimate of drug-likeness (QED) is 0.896. The second-order valence-corrected chi connectivity index (χ2v) is 6.67. The summed E-state index contributed by atoms with van der Waals surface area (Å²) in [5, 5.41) is 10.3. The van der Waals surface area contributed by atoms with E-state index in [-0.39, 0.29) is 6.10 Å². The van der Waals surface area contributed by atoms with Crippen LogP contribution < -0.4 is 0 Å². The first-order chi connectivity index (χ1) is 8.98. The van der Waals surface area contributed by atoms with Gasteiger partial charge in [-0.25, -0.2) is 0 Å². The number of hydrogen-bond donors (Lipinski definition) is 1. The van der Waals surface area contributed by atoms with Crippen molar-refractivity contribution >= 4 is 0 Å². The summed E-state index contributed by atoms with van der Waals surface area (Å²) in [5.41, 5.74) is 2.78. The topological polar surface area (TPSA) is 23.5 Å². The Morgan fingerprint density at radius 1 is 1.21 bits per heavy atom. The van der Waals surface area contributed by atoms with Crippen LogP contribution in [0.15, 0.2) is 24.3 Å². The zero-order chi connectivity index (χ0) is 13.9. The van der Waals surface area contributed by atoms with Gasteiger partial charge in [0.2, 0.25) is 0 Å². The molecule has 2 rings (SSSR count). The minimum Gasteiger partial charge on any atom is -0.388 e. The van der Waals surface area contributed by atoms with Crippen molar-refractivity contribution in [2.24, 2.45) is 5.41 Å². The van der Waals surface area contributed by atoms with Gasteiger partial charge in [0, 0.05) is 6.54 Å². The van der Waals surface area contributed by atoms with Gasteiger partial charge in [-0.2, -0.15) is 0 Å². The van der Waals surface area contributed by atoms with Crippen molar-refractivity contribution in [2.75, 3.05) is 19.6 Å². The Morgan fingerprint density at radius 2 is 1.84 bits per heavy atom. The first-order valence-electron chi connectivity index (χ1n) is 7.44. The van der Waals surface area contributed by atoms with Crippen LogP contribution in [0, 0.1) is 12.3 Å². The predicted molar refractivity (Wildman–Crippen MR) is 80.2 cm³/mol. The Kier molecular flexibility index (Phi) is 4.64. The van der Waals surface area contributed by atoms with Crippen LogP contribution >= 0.6 is 0 Å². The molecule has 1 aromatic rings. The molecule has 0 aromatic heterocycles. The zero-order valence-corrected chi connectivity index (χ0v) is 12.5. The number of aryl methyl sites for hydroxylation is 1. The summed E-state index contributed by atoms with van der Waals surface area (Å²) in [6, 6.07) is 8.15. The number of piperidine rings is 1. The zero-order valence-electron chi connectivity index (χ0n) is 12.5. The minimum atomic E-state index is -0.323. The van der Waals surface area contributed by atoms with E-state index in [1.54, 1.807) is 0 Å².